The van der Waals surface area contributed by atoms with E-state index in [2.05, 4.69) is 6.92 Å². The number of ether oxygens (including phenoxy) is 1. The van der Waals surface area contributed by atoms with Gasteiger partial charge in [-0.25, -0.2) is 0 Å². The topological polar surface area (TPSA) is 26.3 Å². The van der Waals surface area contributed by atoms with Gasteiger partial charge in [0.15, 0.2) is 0 Å². The molecule has 0 unspecified atom stereocenters. The van der Waals surface area contributed by atoms with Crippen LogP contribution in [0.5, 0.6) is 0 Å². The first-order valence-electron chi connectivity index (χ1n) is 15.1. The van der Waals surface area contributed by atoms with Gasteiger partial charge in [-0.15, -0.1) is 0 Å². The Bertz CT molecular complexity index is 402. The first-order chi connectivity index (χ1) is 16.0. The van der Waals surface area contributed by atoms with Crippen molar-refractivity contribution < 1.29 is 9.53 Å². The summed E-state index contributed by atoms with van der Waals surface area (Å²) in [5, 5.41) is 0. The SMILES string of the molecule is CCCCCCCCCCCCCCCCCCCCCCCCCCC(C)(C)C(=O)OC. The lowest BCUT2D eigenvalue weighted by Crippen LogP contribution is -2.25. The van der Waals surface area contributed by atoms with Crippen molar-refractivity contribution in [3.8, 4) is 0 Å². The van der Waals surface area contributed by atoms with E-state index in [1.165, 1.54) is 155 Å². The molecule has 0 amide bonds. The predicted octanol–water partition coefficient (Wildman–Crippen LogP) is 11.0. The van der Waals surface area contributed by atoms with Gasteiger partial charge in [-0.3, -0.25) is 4.79 Å². The Morgan fingerprint density at radius 2 is 0.727 bits per heavy atom. The zero-order valence-electron chi connectivity index (χ0n) is 23.5. The van der Waals surface area contributed by atoms with Crippen LogP contribution >= 0.6 is 0 Å². The molecule has 0 radical (unpaired) electrons. The van der Waals surface area contributed by atoms with Gasteiger partial charge in [-0.05, 0) is 20.3 Å². The molecule has 0 spiro atoms. The maximum atomic E-state index is 11.7. The van der Waals surface area contributed by atoms with E-state index in [9.17, 15) is 4.79 Å². The molecule has 33 heavy (non-hydrogen) atoms. The van der Waals surface area contributed by atoms with E-state index in [4.69, 9.17) is 4.74 Å². The summed E-state index contributed by atoms with van der Waals surface area (Å²) in [4.78, 5) is 11.7. The van der Waals surface area contributed by atoms with Crippen LogP contribution in [-0.2, 0) is 9.53 Å². The standard InChI is InChI=1S/C31H62O2/c1-5-6-7-8-9-10-11-12-13-14-15-16-17-18-19-20-21-22-23-24-25-26-27-28-29-31(2,3)30(32)33-4/h5-29H2,1-4H3. The van der Waals surface area contributed by atoms with Crippen LogP contribution in [0.2, 0.25) is 0 Å². The first kappa shape index (κ1) is 32.5. The van der Waals surface area contributed by atoms with Crippen molar-refractivity contribution in [1.29, 1.82) is 0 Å². The number of rotatable bonds is 26. The van der Waals surface area contributed by atoms with Crippen LogP contribution in [0.3, 0.4) is 0 Å². The number of unbranched alkanes of at least 4 members (excludes halogenated alkanes) is 23. The van der Waals surface area contributed by atoms with Crippen LogP contribution in [0.15, 0.2) is 0 Å². The van der Waals surface area contributed by atoms with Gasteiger partial charge in [0.25, 0.3) is 0 Å². The first-order valence-corrected chi connectivity index (χ1v) is 15.1. The second-order valence-electron chi connectivity index (χ2n) is 11.3. The minimum atomic E-state index is -0.318. The third-order valence-electron chi connectivity index (χ3n) is 7.39. The van der Waals surface area contributed by atoms with Crippen LogP contribution in [0.1, 0.15) is 181 Å². The van der Waals surface area contributed by atoms with Crippen LogP contribution in [0.25, 0.3) is 0 Å². The van der Waals surface area contributed by atoms with E-state index >= 15 is 0 Å². The Balaban J connectivity index is 3.14. The average molecular weight is 467 g/mol. The number of hydrogen-bond donors (Lipinski definition) is 0. The molecule has 0 bridgehead atoms. The molecule has 198 valence electrons. The lowest BCUT2D eigenvalue weighted by atomic mass is 9.87. The Morgan fingerprint density at radius 1 is 0.485 bits per heavy atom. The molecule has 0 fully saturated rings. The van der Waals surface area contributed by atoms with Crippen molar-refractivity contribution in [3.63, 3.8) is 0 Å². The molecule has 0 saturated carbocycles. The fourth-order valence-corrected chi connectivity index (χ4v) is 4.91. The molecule has 2 heteroatoms. The zero-order chi connectivity index (χ0) is 24.5. The number of carbonyl (C=O) groups is 1. The molecule has 0 atom stereocenters. The third kappa shape index (κ3) is 23.0. The molecule has 0 aliphatic rings. The molecule has 0 aromatic rings. The van der Waals surface area contributed by atoms with Gasteiger partial charge < -0.3 is 4.74 Å². The minimum Gasteiger partial charge on any atom is -0.469 e. The van der Waals surface area contributed by atoms with Crippen LogP contribution < -0.4 is 0 Å². The van der Waals surface area contributed by atoms with Gasteiger partial charge in [0, 0.05) is 0 Å². The van der Waals surface area contributed by atoms with E-state index in [0.717, 1.165) is 12.8 Å². The van der Waals surface area contributed by atoms with Crippen molar-refractivity contribution >= 4 is 5.97 Å². The number of esters is 1. The van der Waals surface area contributed by atoms with Crippen molar-refractivity contribution in [2.75, 3.05) is 7.11 Å². The van der Waals surface area contributed by atoms with E-state index in [-0.39, 0.29) is 11.4 Å². The molecule has 0 aromatic carbocycles. The molecule has 0 aliphatic carbocycles. The second-order valence-corrected chi connectivity index (χ2v) is 11.3. The third-order valence-corrected chi connectivity index (χ3v) is 7.39. The average Bonchev–Trinajstić information content (AvgIpc) is 2.81. The highest BCUT2D eigenvalue weighted by Crippen LogP contribution is 2.25. The lowest BCUT2D eigenvalue weighted by Gasteiger charge is -2.20. The van der Waals surface area contributed by atoms with E-state index < -0.39 is 0 Å². The summed E-state index contributed by atoms with van der Waals surface area (Å²) in [6, 6.07) is 0. The molecule has 0 N–H and O–H groups in total. The van der Waals surface area contributed by atoms with Crippen molar-refractivity contribution in [2.45, 2.75) is 181 Å². The number of carbonyl (C=O) groups excluding carboxylic acids is 1. The Morgan fingerprint density at radius 3 is 0.970 bits per heavy atom. The lowest BCUT2D eigenvalue weighted by molar-refractivity contribution is -0.151. The van der Waals surface area contributed by atoms with Crippen molar-refractivity contribution in [3.05, 3.63) is 0 Å². The van der Waals surface area contributed by atoms with E-state index in [1.807, 2.05) is 13.8 Å². The normalized spacial score (nSPS) is 11.8. The second kappa shape index (κ2) is 24.6. The molecule has 0 heterocycles. The molecule has 0 saturated heterocycles. The summed E-state index contributed by atoms with van der Waals surface area (Å²) in [5.74, 6) is -0.0726. The van der Waals surface area contributed by atoms with Crippen molar-refractivity contribution in [1.82, 2.24) is 0 Å². The highest BCUT2D eigenvalue weighted by atomic mass is 16.5. The Hall–Kier alpha value is -0.530. The van der Waals surface area contributed by atoms with Gasteiger partial charge in [0.2, 0.25) is 0 Å². The molecule has 0 aromatic heterocycles. The highest BCUT2D eigenvalue weighted by molar-refractivity contribution is 5.75. The predicted molar refractivity (Wildman–Crippen MR) is 147 cm³/mol. The van der Waals surface area contributed by atoms with E-state index in [1.54, 1.807) is 0 Å². The molecule has 2 nitrogen and oxygen atoms in total. The van der Waals surface area contributed by atoms with Gasteiger partial charge in [0.05, 0.1) is 12.5 Å². The maximum absolute atomic E-state index is 11.7. The fourth-order valence-electron chi connectivity index (χ4n) is 4.91. The van der Waals surface area contributed by atoms with E-state index in [0.29, 0.717) is 0 Å². The molecular formula is C31H62O2. The van der Waals surface area contributed by atoms with Gasteiger partial charge in [-0.1, -0.05) is 161 Å². The summed E-state index contributed by atoms with van der Waals surface area (Å²) < 4.78 is 4.88. The van der Waals surface area contributed by atoms with Crippen molar-refractivity contribution in [2.24, 2.45) is 5.41 Å². The van der Waals surface area contributed by atoms with Gasteiger partial charge in [0.1, 0.15) is 0 Å². The summed E-state index contributed by atoms with van der Waals surface area (Å²) in [5.41, 5.74) is -0.318. The zero-order valence-corrected chi connectivity index (χ0v) is 23.5. The highest BCUT2D eigenvalue weighted by Gasteiger charge is 2.27. The van der Waals surface area contributed by atoms with Crippen LogP contribution in [-0.4, -0.2) is 13.1 Å². The van der Waals surface area contributed by atoms with Gasteiger partial charge in [-0.2, -0.15) is 0 Å². The Labute approximate surface area is 209 Å². The molecule has 0 rings (SSSR count). The quantitative estimate of drug-likeness (QED) is 0.0935. The van der Waals surface area contributed by atoms with Crippen LogP contribution in [0.4, 0.5) is 0 Å². The molecular weight excluding hydrogens is 404 g/mol. The van der Waals surface area contributed by atoms with Gasteiger partial charge >= 0.3 is 5.97 Å². The molecule has 0 aliphatic heterocycles. The smallest absolute Gasteiger partial charge is 0.311 e. The summed E-state index contributed by atoms with van der Waals surface area (Å²) in [6.45, 7) is 6.29. The number of hydrogen-bond acceptors (Lipinski definition) is 2. The minimum absolute atomic E-state index is 0.0726. The monoisotopic (exact) mass is 466 g/mol. The van der Waals surface area contributed by atoms with Crippen LogP contribution in [0, 0.1) is 5.41 Å². The summed E-state index contributed by atoms with van der Waals surface area (Å²) in [6.07, 6.45) is 35.0. The number of methoxy groups -OCH3 is 1. The fraction of sp³-hybridized carbons (Fsp3) is 0.968. The maximum Gasteiger partial charge on any atom is 0.311 e. The summed E-state index contributed by atoms with van der Waals surface area (Å²) in [7, 11) is 1.49. The largest absolute Gasteiger partial charge is 0.469 e. The Kier molecular flexibility index (Phi) is 24.2. The summed E-state index contributed by atoms with van der Waals surface area (Å²) >= 11 is 0.